The van der Waals surface area contributed by atoms with Crippen molar-refractivity contribution in [3.8, 4) is 0 Å². The molecule has 0 aliphatic heterocycles. The first kappa shape index (κ1) is 19.3. The van der Waals surface area contributed by atoms with Gasteiger partial charge in [-0.15, -0.1) is 0 Å². The highest BCUT2D eigenvalue weighted by molar-refractivity contribution is 5.89. The van der Waals surface area contributed by atoms with E-state index in [4.69, 9.17) is 4.74 Å². The van der Waals surface area contributed by atoms with Gasteiger partial charge in [0.05, 0.1) is 13.5 Å². The number of anilines is 1. The first-order valence-corrected chi connectivity index (χ1v) is 9.25. The van der Waals surface area contributed by atoms with Crippen LogP contribution in [0, 0.1) is 0 Å². The SMILES string of the molecule is COC(=O)CCN(C(=O)Nc1ccc(C(C)C)cc1)C1CCCCC1. The smallest absolute Gasteiger partial charge is 0.322 e. The zero-order chi connectivity index (χ0) is 18.2. The maximum Gasteiger partial charge on any atom is 0.322 e. The van der Waals surface area contributed by atoms with Crippen LogP contribution in [0.15, 0.2) is 24.3 Å². The zero-order valence-electron chi connectivity index (χ0n) is 15.6. The van der Waals surface area contributed by atoms with E-state index in [-0.39, 0.29) is 24.5 Å². The summed E-state index contributed by atoms with van der Waals surface area (Å²) in [4.78, 5) is 26.1. The largest absolute Gasteiger partial charge is 0.469 e. The fraction of sp³-hybridized carbons (Fsp3) is 0.600. The van der Waals surface area contributed by atoms with E-state index in [1.807, 2.05) is 29.2 Å². The number of nitrogens with zero attached hydrogens (tertiary/aromatic N) is 1. The summed E-state index contributed by atoms with van der Waals surface area (Å²) in [7, 11) is 1.38. The Labute approximate surface area is 150 Å². The van der Waals surface area contributed by atoms with Crippen molar-refractivity contribution in [1.82, 2.24) is 4.90 Å². The maximum atomic E-state index is 12.8. The average Bonchev–Trinajstić information content (AvgIpc) is 2.63. The van der Waals surface area contributed by atoms with Gasteiger partial charge in [0.1, 0.15) is 0 Å². The van der Waals surface area contributed by atoms with Crippen molar-refractivity contribution in [3.63, 3.8) is 0 Å². The molecule has 1 aliphatic carbocycles. The molecular weight excluding hydrogens is 316 g/mol. The highest BCUT2D eigenvalue weighted by Crippen LogP contribution is 2.24. The average molecular weight is 346 g/mol. The molecule has 2 amide bonds. The minimum Gasteiger partial charge on any atom is -0.469 e. The fourth-order valence-corrected chi connectivity index (χ4v) is 3.30. The third-order valence-electron chi connectivity index (χ3n) is 4.89. The van der Waals surface area contributed by atoms with Crippen LogP contribution in [-0.2, 0) is 9.53 Å². The van der Waals surface area contributed by atoms with Gasteiger partial charge in [-0.05, 0) is 36.5 Å². The molecule has 1 saturated carbocycles. The Bertz CT molecular complexity index is 563. The van der Waals surface area contributed by atoms with Gasteiger partial charge in [0, 0.05) is 18.3 Å². The van der Waals surface area contributed by atoms with Gasteiger partial charge in [-0.1, -0.05) is 45.2 Å². The Balaban J connectivity index is 2.03. The quantitative estimate of drug-likeness (QED) is 0.769. The minimum atomic E-state index is -0.283. The van der Waals surface area contributed by atoms with Gasteiger partial charge in [-0.25, -0.2) is 4.79 Å². The van der Waals surface area contributed by atoms with Crippen LogP contribution in [0.2, 0.25) is 0 Å². The second-order valence-electron chi connectivity index (χ2n) is 7.02. The molecule has 0 aromatic heterocycles. The predicted molar refractivity (Wildman–Crippen MR) is 99.8 cm³/mol. The Morgan fingerprint density at radius 2 is 1.80 bits per heavy atom. The van der Waals surface area contributed by atoms with Crippen LogP contribution in [0.4, 0.5) is 10.5 Å². The first-order chi connectivity index (χ1) is 12.0. The Kier molecular flexibility index (Phi) is 7.29. The van der Waals surface area contributed by atoms with E-state index >= 15 is 0 Å². The minimum absolute atomic E-state index is 0.131. The van der Waals surface area contributed by atoms with E-state index in [0.717, 1.165) is 31.4 Å². The molecule has 1 aromatic carbocycles. The van der Waals surface area contributed by atoms with Crippen molar-refractivity contribution in [1.29, 1.82) is 0 Å². The van der Waals surface area contributed by atoms with Gasteiger partial charge < -0.3 is 15.0 Å². The van der Waals surface area contributed by atoms with E-state index in [1.165, 1.54) is 19.1 Å². The number of nitrogens with one attached hydrogen (secondary N) is 1. The molecule has 1 aliphatic rings. The van der Waals surface area contributed by atoms with Crippen LogP contribution in [0.1, 0.15) is 63.9 Å². The third kappa shape index (κ3) is 5.76. The number of urea groups is 1. The number of carbonyl (C=O) groups is 2. The highest BCUT2D eigenvalue weighted by Gasteiger charge is 2.26. The Hall–Kier alpha value is -2.04. The van der Waals surface area contributed by atoms with Gasteiger partial charge in [0.25, 0.3) is 0 Å². The summed E-state index contributed by atoms with van der Waals surface area (Å²) in [5.74, 6) is 0.179. The summed E-state index contributed by atoms with van der Waals surface area (Å²) in [6.07, 6.45) is 5.72. The molecule has 138 valence electrons. The van der Waals surface area contributed by atoms with Gasteiger partial charge in [0.2, 0.25) is 0 Å². The predicted octanol–water partition coefficient (Wildman–Crippen LogP) is 4.54. The molecule has 0 unspecified atom stereocenters. The lowest BCUT2D eigenvalue weighted by Gasteiger charge is -2.34. The topological polar surface area (TPSA) is 58.6 Å². The number of hydrogen-bond acceptors (Lipinski definition) is 3. The number of ether oxygens (including phenoxy) is 1. The van der Waals surface area contributed by atoms with Crippen molar-refractivity contribution < 1.29 is 14.3 Å². The first-order valence-electron chi connectivity index (χ1n) is 9.25. The second kappa shape index (κ2) is 9.44. The van der Waals surface area contributed by atoms with Gasteiger partial charge in [-0.3, -0.25) is 4.79 Å². The normalized spacial score (nSPS) is 15.0. The molecule has 2 rings (SSSR count). The fourth-order valence-electron chi connectivity index (χ4n) is 3.30. The molecular formula is C20H30N2O3. The van der Waals surface area contributed by atoms with E-state index < -0.39 is 0 Å². The van der Waals surface area contributed by atoms with Crippen LogP contribution < -0.4 is 5.32 Å². The van der Waals surface area contributed by atoms with Crippen LogP contribution in [0.25, 0.3) is 0 Å². The van der Waals surface area contributed by atoms with Crippen molar-refractivity contribution in [2.75, 3.05) is 19.0 Å². The molecule has 0 heterocycles. The summed E-state index contributed by atoms with van der Waals surface area (Å²) in [6, 6.07) is 8.03. The van der Waals surface area contributed by atoms with E-state index in [0.29, 0.717) is 12.5 Å². The molecule has 1 N–H and O–H groups in total. The van der Waals surface area contributed by atoms with Gasteiger partial charge in [0.15, 0.2) is 0 Å². The lowest BCUT2D eigenvalue weighted by Crippen LogP contribution is -2.45. The molecule has 0 atom stereocenters. The third-order valence-corrected chi connectivity index (χ3v) is 4.89. The van der Waals surface area contributed by atoms with E-state index in [9.17, 15) is 9.59 Å². The Morgan fingerprint density at radius 1 is 1.16 bits per heavy atom. The second-order valence-corrected chi connectivity index (χ2v) is 7.02. The maximum absolute atomic E-state index is 12.8. The highest BCUT2D eigenvalue weighted by atomic mass is 16.5. The summed E-state index contributed by atoms with van der Waals surface area (Å²) in [5.41, 5.74) is 2.03. The van der Waals surface area contributed by atoms with Crippen LogP contribution in [-0.4, -0.2) is 36.6 Å². The zero-order valence-corrected chi connectivity index (χ0v) is 15.6. The summed E-state index contributed by atoms with van der Waals surface area (Å²) in [6.45, 7) is 4.68. The summed E-state index contributed by atoms with van der Waals surface area (Å²) < 4.78 is 4.72. The number of amides is 2. The monoisotopic (exact) mass is 346 g/mol. The molecule has 1 fully saturated rings. The van der Waals surface area contributed by atoms with E-state index in [1.54, 1.807) is 0 Å². The molecule has 1 aromatic rings. The number of benzene rings is 1. The number of hydrogen-bond donors (Lipinski definition) is 1. The van der Waals surface area contributed by atoms with Crippen LogP contribution in [0.5, 0.6) is 0 Å². The van der Waals surface area contributed by atoms with Gasteiger partial charge >= 0.3 is 12.0 Å². The molecule has 0 spiro atoms. The van der Waals surface area contributed by atoms with E-state index in [2.05, 4.69) is 19.2 Å². The molecule has 0 radical (unpaired) electrons. The van der Waals surface area contributed by atoms with Crippen molar-refractivity contribution >= 4 is 17.7 Å². The number of rotatable bonds is 6. The van der Waals surface area contributed by atoms with Gasteiger partial charge in [-0.2, -0.15) is 0 Å². The molecule has 5 nitrogen and oxygen atoms in total. The van der Waals surface area contributed by atoms with Crippen molar-refractivity contribution in [3.05, 3.63) is 29.8 Å². The lowest BCUT2D eigenvalue weighted by atomic mass is 9.94. The van der Waals surface area contributed by atoms with Crippen LogP contribution in [0.3, 0.4) is 0 Å². The molecule has 5 heteroatoms. The summed E-state index contributed by atoms with van der Waals surface area (Å²) >= 11 is 0. The van der Waals surface area contributed by atoms with Crippen molar-refractivity contribution in [2.45, 2.75) is 64.3 Å². The van der Waals surface area contributed by atoms with Crippen molar-refractivity contribution in [2.24, 2.45) is 0 Å². The number of carbonyl (C=O) groups excluding carboxylic acids is 2. The number of esters is 1. The number of methoxy groups -OCH3 is 1. The standard InChI is InChI=1S/C20H30N2O3/c1-15(2)16-9-11-17(12-10-16)21-20(24)22(14-13-19(23)25-3)18-7-5-4-6-8-18/h9-12,15,18H,4-8,13-14H2,1-3H3,(H,21,24). The molecule has 0 bridgehead atoms. The summed E-state index contributed by atoms with van der Waals surface area (Å²) in [5, 5.41) is 2.98. The van der Waals surface area contributed by atoms with Crippen LogP contribution >= 0.6 is 0 Å². The molecule has 25 heavy (non-hydrogen) atoms. The Morgan fingerprint density at radius 3 is 2.36 bits per heavy atom. The molecule has 0 saturated heterocycles. The lowest BCUT2D eigenvalue weighted by molar-refractivity contribution is -0.140.